The van der Waals surface area contributed by atoms with Crippen LogP contribution < -0.4 is 4.72 Å². The molecule has 1 fully saturated rings. The molecule has 1 unspecified atom stereocenters. The molecule has 2 N–H and O–H groups in total. The predicted molar refractivity (Wildman–Crippen MR) is 132 cm³/mol. The van der Waals surface area contributed by atoms with Crippen LogP contribution in [0.4, 0.5) is 0 Å². The molecule has 2 aromatic carbocycles. The molecule has 1 saturated heterocycles. The number of H-pyrrole nitrogens is 1. The number of amides is 1. The lowest BCUT2D eigenvalue weighted by Gasteiger charge is -2.33. The van der Waals surface area contributed by atoms with Crippen molar-refractivity contribution in [2.45, 2.75) is 43.5 Å². The third-order valence-electron chi connectivity index (χ3n) is 6.43. The zero-order chi connectivity index (χ0) is 24.3. The third-order valence-corrected chi connectivity index (χ3v) is 8.31. The molecule has 178 valence electrons. The summed E-state index contributed by atoms with van der Waals surface area (Å²) in [6.07, 6.45) is 3.98. The standard InChI is InChI=1S/C25H27ClN4O3S/c1-17-11-13-30(14-12-17)25(31)22(10-9-18-5-2-3-6-20(18)26)29-34(32,33)23-8-4-7-21-24(23)19(15-27)16-28-21/h2-8,16-17,22,28-29H,9-14H2,1H3. The van der Waals surface area contributed by atoms with Gasteiger partial charge < -0.3 is 9.88 Å². The van der Waals surface area contributed by atoms with E-state index in [9.17, 15) is 18.5 Å². The van der Waals surface area contributed by atoms with E-state index in [0.29, 0.717) is 41.4 Å². The fourth-order valence-electron chi connectivity index (χ4n) is 4.40. The Hall–Kier alpha value is -2.86. The minimum Gasteiger partial charge on any atom is -0.360 e. The molecule has 3 aromatic rings. The predicted octanol–water partition coefficient (Wildman–Crippen LogP) is 4.23. The smallest absolute Gasteiger partial charge is 0.242 e. The lowest BCUT2D eigenvalue weighted by Crippen LogP contribution is -2.50. The number of likely N-dealkylation sites (tertiary alicyclic amines) is 1. The number of fused-ring (bicyclic) bond motifs is 1. The van der Waals surface area contributed by atoms with Gasteiger partial charge in [-0.3, -0.25) is 4.79 Å². The number of hydrogen-bond acceptors (Lipinski definition) is 4. The molecule has 34 heavy (non-hydrogen) atoms. The van der Waals surface area contributed by atoms with E-state index in [4.69, 9.17) is 11.6 Å². The van der Waals surface area contributed by atoms with E-state index in [-0.39, 0.29) is 22.8 Å². The van der Waals surface area contributed by atoms with Crippen LogP contribution in [0, 0.1) is 17.2 Å². The molecule has 0 spiro atoms. The highest BCUT2D eigenvalue weighted by molar-refractivity contribution is 7.89. The molecule has 0 aliphatic carbocycles. The molecule has 9 heteroatoms. The lowest BCUT2D eigenvalue weighted by molar-refractivity contribution is -0.134. The fourth-order valence-corrected chi connectivity index (χ4v) is 6.09. The number of nitriles is 1. The summed E-state index contributed by atoms with van der Waals surface area (Å²) in [5.74, 6) is 0.308. The highest BCUT2D eigenvalue weighted by Crippen LogP contribution is 2.27. The molecular formula is C25H27ClN4O3S. The van der Waals surface area contributed by atoms with Crippen molar-refractivity contribution < 1.29 is 13.2 Å². The van der Waals surface area contributed by atoms with Crippen LogP contribution in [-0.2, 0) is 21.2 Å². The Kier molecular flexibility index (Phi) is 7.27. The largest absolute Gasteiger partial charge is 0.360 e. The molecule has 0 bridgehead atoms. The minimum absolute atomic E-state index is 0.0226. The minimum atomic E-state index is -4.10. The Morgan fingerprint density at radius 3 is 2.68 bits per heavy atom. The number of aryl methyl sites for hydroxylation is 1. The number of benzene rings is 2. The molecule has 1 aromatic heterocycles. The van der Waals surface area contributed by atoms with Crippen LogP contribution >= 0.6 is 11.6 Å². The average molecular weight is 499 g/mol. The van der Waals surface area contributed by atoms with Crippen molar-refractivity contribution in [3.8, 4) is 6.07 Å². The first-order chi connectivity index (χ1) is 16.3. The number of aromatic amines is 1. The van der Waals surface area contributed by atoms with Crippen molar-refractivity contribution in [1.82, 2.24) is 14.6 Å². The molecule has 0 radical (unpaired) electrons. The second-order valence-electron chi connectivity index (χ2n) is 8.80. The Labute approximate surface area is 204 Å². The summed E-state index contributed by atoms with van der Waals surface area (Å²) >= 11 is 6.30. The van der Waals surface area contributed by atoms with Crippen LogP contribution in [0.25, 0.3) is 10.9 Å². The first-order valence-electron chi connectivity index (χ1n) is 11.3. The third kappa shape index (κ3) is 5.12. The zero-order valence-electron chi connectivity index (χ0n) is 18.9. The van der Waals surface area contributed by atoms with Gasteiger partial charge in [-0.25, -0.2) is 8.42 Å². The number of piperidine rings is 1. The van der Waals surface area contributed by atoms with Gasteiger partial charge in [0.15, 0.2) is 0 Å². The van der Waals surface area contributed by atoms with Gasteiger partial charge in [-0.05, 0) is 55.4 Å². The molecule has 7 nitrogen and oxygen atoms in total. The molecule has 0 saturated carbocycles. The maximum atomic E-state index is 13.5. The van der Waals surface area contributed by atoms with Gasteiger partial charge in [-0.1, -0.05) is 42.8 Å². The summed E-state index contributed by atoms with van der Waals surface area (Å²) in [4.78, 5) is 18.1. The number of carbonyl (C=O) groups excluding carboxylic acids is 1. The van der Waals surface area contributed by atoms with Crippen LogP contribution in [0.3, 0.4) is 0 Å². The maximum absolute atomic E-state index is 13.5. The summed E-state index contributed by atoms with van der Waals surface area (Å²) in [7, 11) is -4.10. The molecule has 4 rings (SSSR count). The van der Waals surface area contributed by atoms with E-state index in [1.165, 1.54) is 12.3 Å². The first-order valence-corrected chi connectivity index (χ1v) is 13.2. The van der Waals surface area contributed by atoms with E-state index in [1.54, 1.807) is 23.1 Å². The summed E-state index contributed by atoms with van der Waals surface area (Å²) in [6.45, 7) is 3.37. The van der Waals surface area contributed by atoms with Crippen LogP contribution in [0.2, 0.25) is 5.02 Å². The van der Waals surface area contributed by atoms with Crippen molar-refractivity contribution in [1.29, 1.82) is 5.26 Å². The van der Waals surface area contributed by atoms with Gasteiger partial charge in [0.2, 0.25) is 15.9 Å². The summed E-state index contributed by atoms with van der Waals surface area (Å²) in [5.41, 5.74) is 1.64. The lowest BCUT2D eigenvalue weighted by atomic mass is 9.98. The van der Waals surface area contributed by atoms with E-state index >= 15 is 0 Å². The van der Waals surface area contributed by atoms with Gasteiger partial charge in [0, 0.05) is 35.2 Å². The Bertz CT molecular complexity index is 1340. The Morgan fingerprint density at radius 1 is 1.24 bits per heavy atom. The van der Waals surface area contributed by atoms with Crippen molar-refractivity contribution in [3.63, 3.8) is 0 Å². The second kappa shape index (κ2) is 10.2. The summed E-state index contributed by atoms with van der Waals surface area (Å²) in [5, 5.41) is 10.4. The van der Waals surface area contributed by atoms with Gasteiger partial charge in [0.05, 0.1) is 10.5 Å². The number of nitrogens with one attached hydrogen (secondary N) is 2. The molecule has 1 aliphatic heterocycles. The van der Waals surface area contributed by atoms with Crippen molar-refractivity contribution in [2.75, 3.05) is 13.1 Å². The van der Waals surface area contributed by atoms with Crippen molar-refractivity contribution in [2.24, 2.45) is 5.92 Å². The van der Waals surface area contributed by atoms with Crippen molar-refractivity contribution >= 4 is 38.4 Å². The quantitative estimate of drug-likeness (QED) is 0.508. The summed E-state index contributed by atoms with van der Waals surface area (Å²) in [6, 6.07) is 13.2. The first kappa shape index (κ1) is 24.3. The number of halogens is 1. The van der Waals surface area contributed by atoms with Gasteiger partial charge in [0.1, 0.15) is 12.1 Å². The Balaban J connectivity index is 1.64. The number of aromatic nitrogens is 1. The van der Waals surface area contributed by atoms with E-state index in [2.05, 4.69) is 16.6 Å². The second-order valence-corrected chi connectivity index (χ2v) is 10.9. The monoisotopic (exact) mass is 498 g/mol. The fraction of sp³-hybridized carbons (Fsp3) is 0.360. The maximum Gasteiger partial charge on any atom is 0.242 e. The van der Waals surface area contributed by atoms with Crippen LogP contribution in [0.5, 0.6) is 0 Å². The van der Waals surface area contributed by atoms with Gasteiger partial charge in [0.25, 0.3) is 0 Å². The normalized spacial score (nSPS) is 15.9. The van der Waals surface area contributed by atoms with E-state index in [0.717, 1.165) is 18.4 Å². The topological polar surface area (TPSA) is 106 Å². The highest BCUT2D eigenvalue weighted by atomic mass is 35.5. The van der Waals surface area contributed by atoms with Gasteiger partial charge in [-0.15, -0.1) is 0 Å². The average Bonchev–Trinajstić information content (AvgIpc) is 3.26. The number of nitrogens with zero attached hydrogens (tertiary/aromatic N) is 2. The highest BCUT2D eigenvalue weighted by Gasteiger charge is 2.32. The van der Waals surface area contributed by atoms with Crippen LogP contribution in [0.15, 0.2) is 53.6 Å². The van der Waals surface area contributed by atoms with Gasteiger partial charge >= 0.3 is 0 Å². The molecule has 1 aliphatic rings. The van der Waals surface area contributed by atoms with E-state index < -0.39 is 16.1 Å². The number of hydrogen-bond donors (Lipinski definition) is 2. The molecular weight excluding hydrogens is 472 g/mol. The number of carbonyl (C=O) groups is 1. The van der Waals surface area contributed by atoms with E-state index in [1.807, 2.05) is 24.3 Å². The van der Waals surface area contributed by atoms with Crippen LogP contribution in [0.1, 0.15) is 37.3 Å². The Morgan fingerprint density at radius 2 is 1.97 bits per heavy atom. The number of rotatable bonds is 7. The summed E-state index contributed by atoms with van der Waals surface area (Å²) < 4.78 is 29.7. The number of sulfonamides is 1. The molecule has 1 amide bonds. The van der Waals surface area contributed by atoms with Crippen molar-refractivity contribution in [3.05, 3.63) is 64.8 Å². The van der Waals surface area contributed by atoms with Gasteiger partial charge in [-0.2, -0.15) is 9.98 Å². The molecule has 1 atom stereocenters. The zero-order valence-corrected chi connectivity index (χ0v) is 20.5. The SMILES string of the molecule is CC1CCN(C(=O)C(CCc2ccccc2Cl)NS(=O)(=O)c2cccc3[nH]cc(C#N)c23)CC1. The molecule has 2 heterocycles. The van der Waals surface area contributed by atoms with Crippen LogP contribution in [-0.4, -0.2) is 43.3 Å².